The molecule has 1 heterocycles. The normalized spacial score (nSPS) is 17.2. The summed E-state index contributed by atoms with van der Waals surface area (Å²) in [5, 5.41) is 8.43. The van der Waals surface area contributed by atoms with E-state index < -0.39 is 39.3 Å². The molecule has 3 amide bonds. The summed E-state index contributed by atoms with van der Waals surface area (Å²) in [6.07, 6.45) is 4.10. The lowest BCUT2D eigenvalue weighted by Gasteiger charge is -2.31. The second-order valence-electron chi connectivity index (χ2n) is 11.2. The fraction of sp³-hybridized carbons (Fsp3) is 0.333. The van der Waals surface area contributed by atoms with Crippen LogP contribution in [0.2, 0.25) is 5.02 Å². The zero-order valence-corrected chi connectivity index (χ0v) is 25.2. The summed E-state index contributed by atoms with van der Waals surface area (Å²) in [6, 6.07) is 16.2. The van der Waals surface area contributed by atoms with Crippen molar-refractivity contribution < 1.29 is 22.8 Å². The van der Waals surface area contributed by atoms with Gasteiger partial charge in [0.05, 0.1) is 15.8 Å². The zero-order chi connectivity index (χ0) is 30.5. The molecule has 0 radical (unpaired) electrons. The largest absolute Gasteiger partial charge is 0.344 e. The molecule has 4 N–H and O–H groups in total. The van der Waals surface area contributed by atoms with Crippen LogP contribution >= 0.6 is 11.6 Å². The summed E-state index contributed by atoms with van der Waals surface area (Å²) in [6.45, 7) is 5.34. The molecule has 10 nitrogen and oxygen atoms in total. The lowest BCUT2D eigenvalue weighted by atomic mass is 9.83. The Balaban J connectivity index is 1.42. The van der Waals surface area contributed by atoms with E-state index in [1.54, 1.807) is 75.4 Å². The molecule has 1 aliphatic carbocycles. The highest BCUT2D eigenvalue weighted by Crippen LogP contribution is 2.30. The molecule has 42 heavy (non-hydrogen) atoms. The van der Waals surface area contributed by atoms with Gasteiger partial charge in [-0.15, -0.1) is 0 Å². The van der Waals surface area contributed by atoms with Crippen LogP contribution in [0.1, 0.15) is 46.5 Å². The van der Waals surface area contributed by atoms with E-state index in [1.807, 2.05) is 0 Å². The predicted octanol–water partition coefficient (Wildman–Crippen LogP) is 4.73. The Hall–Kier alpha value is -3.80. The van der Waals surface area contributed by atoms with Crippen molar-refractivity contribution in [1.29, 1.82) is 0 Å². The highest BCUT2D eigenvalue weighted by atomic mass is 35.5. The van der Waals surface area contributed by atoms with Crippen LogP contribution in [0.5, 0.6) is 0 Å². The van der Waals surface area contributed by atoms with Crippen molar-refractivity contribution in [3.05, 3.63) is 71.9 Å². The van der Waals surface area contributed by atoms with Crippen LogP contribution in [0, 0.1) is 5.92 Å². The monoisotopic (exact) mass is 611 g/mol. The minimum atomic E-state index is -3.77. The molecule has 0 bridgehead atoms. The number of sulfonamides is 1. The SMILES string of the molecule is CC(C)(C)NS(=O)(=O)c1ccccc1-c1ccc(NC(=O)[C@@H]2CCCC[C@H]2NC(=O)C(=O)Nc2ccc(Cl)cn2)cc1. The number of hydrogen-bond acceptors (Lipinski definition) is 6. The number of benzene rings is 2. The van der Waals surface area contributed by atoms with Crippen LogP contribution in [-0.4, -0.2) is 42.7 Å². The van der Waals surface area contributed by atoms with Crippen LogP contribution < -0.4 is 20.7 Å². The molecular formula is C30H34ClN5O5S. The van der Waals surface area contributed by atoms with Gasteiger partial charge in [-0.2, -0.15) is 0 Å². The van der Waals surface area contributed by atoms with Crippen molar-refractivity contribution in [2.45, 2.75) is 62.9 Å². The van der Waals surface area contributed by atoms with Crippen LogP contribution in [0.15, 0.2) is 71.8 Å². The summed E-state index contributed by atoms with van der Waals surface area (Å²) in [5.41, 5.74) is 1.09. The summed E-state index contributed by atoms with van der Waals surface area (Å²) >= 11 is 5.80. The third-order valence-corrected chi connectivity index (χ3v) is 8.71. The van der Waals surface area contributed by atoms with Crippen molar-refractivity contribution >= 4 is 50.9 Å². The lowest BCUT2D eigenvalue weighted by molar-refractivity contribution is -0.137. The maximum atomic E-state index is 13.3. The summed E-state index contributed by atoms with van der Waals surface area (Å²) < 4.78 is 28.8. The van der Waals surface area contributed by atoms with E-state index >= 15 is 0 Å². The van der Waals surface area contributed by atoms with Gasteiger partial charge in [0.25, 0.3) is 0 Å². The van der Waals surface area contributed by atoms with Crippen molar-refractivity contribution in [3.8, 4) is 11.1 Å². The minimum absolute atomic E-state index is 0.161. The van der Waals surface area contributed by atoms with Gasteiger partial charge in [0.2, 0.25) is 15.9 Å². The fourth-order valence-corrected chi connectivity index (χ4v) is 6.60. The summed E-state index contributed by atoms with van der Waals surface area (Å²) in [7, 11) is -3.77. The number of aromatic nitrogens is 1. The number of halogens is 1. The number of carbonyl (C=O) groups is 3. The Morgan fingerprint density at radius 3 is 2.24 bits per heavy atom. The number of hydrogen-bond donors (Lipinski definition) is 4. The van der Waals surface area contributed by atoms with Crippen molar-refractivity contribution in [2.24, 2.45) is 5.92 Å². The molecule has 1 aromatic heterocycles. The second-order valence-corrected chi connectivity index (χ2v) is 13.3. The van der Waals surface area contributed by atoms with Gasteiger partial charge in [0.1, 0.15) is 5.82 Å². The van der Waals surface area contributed by atoms with Crippen molar-refractivity contribution in [1.82, 2.24) is 15.0 Å². The number of carbonyl (C=O) groups excluding carboxylic acids is 3. The second kappa shape index (κ2) is 13.0. The molecule has 0 aliphatic heterocycles. The molecule has 222 valence electrons. The highest BCUT2D eigenvalue weighted by Gasteiger charge is 2.33. The summed E-state index contributed by atoms with van der Waals surface area (Å²) in [4.78, 5) is 42.4. The highest BCUT2D eigenvalue weighted by molar-refractivity contribution is 7.89. The van der Waals surface area contributed by atoms with E-state index in [1.165, 1.54) is 12.3 Å². The molecule has 1 saturated carbocycles. The lowest BCUT2D eigenvalue weighted by Crippen LogP contribution is -2.49. The smallest absolute Gasteiger partial charge is 0.314 e. The Morgan fingerprint density at radius 1 is 0.881 bits per heavy atom. The number of anilines is 2. The van der Waals surface area contributed by atoms with Crippen LogP contribution in [0.3, 0.4) is 0 Å². The Kier molecular flexibility index (Phi) is 9.65. The molecule has 2 atom stereocenters. The standard InChI is InChI=1S/C30H34ClN5O5S/c1-30(2,3)36-42(40,41)25-11-7-5-8-22(25)19-12-15-21(16-13-19)33-27(37)23-9-4-6-10-24(23)34-28(38)29(39)35-26-17-14-20(31)18-32-26/h5,7-8,11-18,23-24,36H,4,6,9-10H2,1-3H3,(H,33,37)(H,34,38)(H,32,35,39)/t23-,24-/m1/s1. The average Bonchev–Trinajstić information content (AvgIpc) is 2.93. The van der Waals surface area contributed by atoms with E-state index in [0.29, 0.717) is 34.7 Å². The van der Waals surface area contributed by atoms with Gasteiger partial charge in [-0.3, -0.25) is 14.4 Å². The molecule has 3 aromatic rings. The molecule has 2 aromatic carbocycles. The fourth-order valence-electron chi connectivity index (χ4n) is 4.84. The quantitative estimate of drug-likeness (QED) is 0.284. The zero-order valence-electron chi connectivity index (χ0n) is 23.6. The first-order valence-electron chi connectivity index (χ1n) is 13.6. The molecule has 12 heteroatoms. The number of nitrogens with zero attached hydrogens (tertiary/aromatic N) is 1. The van der Waals surface area contributed by atoms with Crippen LogP contribution in [0.4, 0.5) is 11.5 Å². The van der Waals surface area contributed by atoms with E-state index in [4.69, 9.17) is 11.6 Å². The van der Waals surface area contributed by atoms with E-state index in [9.17, 15) is 22.8 Å². The Morgan fingerprint density at radius 2 is 1.57 bits per heavy atom. The van der Waals surface area contributed by atoms with Crippen molar-refractivity contribution in [3.63, 3.8) is 0 Å². The topological polar surface area (TPSA) is 146 Å². The summed E-state index contributed by atoms with van der Waals surface area (Å²) in [5.74, 6) is -2.35. The number of amides is 3. The number of pyridine rings is 1. The van der Waals surface area contributed by atoms with Gasteiger partial charge in [0.15, 0.2) is 0 Å². The average molecular weight is 612 g/mol. The maximum absolute atomic E-state index is 13.3. The van der Waals surface area contributed by atoms with Crippen LogP contribution in [-0.2, 0) is 24.4 Å². The van der Waals surface area contributed by atoms with E-state index in [0.717, 1.165) is 12.8 Å². The van der Waals surface area contributed by atoms with Crippen LogP contribution in [0.25, 0.3) is 11.1 Å². The number of nitrogens with one attached hydrogen (secondary N) is 4. The first-order valence-corrected chi connectivity index (χ1v) is 15.5. The Bertz CT molecular complexity index is 1550. The van der Waals surface area contributed by atoms with Crippen molar-refractivity contribution in [2.75, 3.05) is 10.6 Å². The maximum Gasteiger partial charge on any atom is 0.314 e. The first-order chi connectivity index (χ1) is 19.8. The predicted molar refractivity (Wildman–Crippen MR) is 162 cm³/mol. The third kappa shape index (κ3) is 8.15. The molecular weight excluding hydrogens is 578 g/mol. The Labute approximate surface area is 250 Å². The third-order valence-electron chi connectivity index (χ3n) is 6.68. The first kappa shape index (κ1) is 31.1. The van der Waals surface area contributed by atoms with Gasteiger partial charge in [0, 0.05) is 29.0 Å². The molecule has 4 rings (SSSR count). The molecule has 0 spiro atoms. The van der Waals surface area contributed by atoms with E-state index in [-0.39, 0.29) is 16.6 Å². The van der Waals surface area contributed by atoms with Gasteiger partial charge in [-0.25, -0.2) is 18.1 Å². The molecule has 0 unspecified atom stereocenters. The van der Waals surface area contributed by atoms with E-state index in [2.05, 4.69) is 25.7 Å². The van der Waals surface area contributed by atoms with Gasteiger partial charge >= 0.3 is 11.8 Å². The number of rotatable bonds is 7. The van der Waals surface area contributed by atoms with Gasteiger partial charge in [-0.1, -0.05) is 54.8 Å². The molecule has 0 saturated heterocycles. The minimum Gasteiger partial charge on any atom is -0.344 e. The molecule has 1 fully saturated rings. The van der Waals surface area contributed by atoms with Gasteiger partial charge < -0.3 is 16.0 Å². The molecule has 1 aliphatic rings. The van der Waals surface area contributed by atoms with Gasteiger partial charge in [-0.05, 0) is 69.5 Å².